The zero-order valence-electron chi connectivity index (χ0n) is 15.7. The average molecular weight is 302 g/mol. The van der Waals surface area contributed by atoms with Crippen molar-refractivity contribution in [2.75, 3.05) is 0 Å². The fraction of sp³-hybridized carbons (Fsp3) is 0.714. The molecule has 0 saturated heterocycles. The molecular formula is C21H35N. The van der Waals surface area contributed by atoms with E-state index in [-0.39, 0.29) is 16.4 Å². The number of nitrogens with one attached hydrogen (secondary N) is 1. The summed E-state index contributed by atoms with van der Waals surface area (Å²) in [6.07, 6.45) is 11.6. The Labute approximate surface area is 138 Å². The first-order valence-corrected chi connectivity index (χ1v) is 8.82. The van der Waals surface area contributed by atoms with Crippen LogP contribution in [0.3, 0.4) is 0 Å². The van der Waals surface area contributed by atoms with E-state index in [1.807, 2.05) is 0 Å². The molecule has 2 aliphatic carbocycles. The molecule has 124 valence electrons. The van der Waals surface area contributed by atoms with Crippen LogP contribution in [0, 0.1) is 22.7 Å². The Morgan fingerprint density at radius 3 is 2.09 bits per heavy atom. The zero-order valence-corrected chi connectivity index (χ0v) is 15.7. The summed E-state index contributed by atoms with van der Waals surface area (Å²) in [5.41, 5.74) is 1.84. The standard InChI is InChI=1S/C21H35N/c1-15(2)18(16(3)19(4,5)17-11-9-12-17)22-20(6,7)21(8)13-10-14-21/h9-11,13,15,17-18,22H,3,12,14H2,1-2,4-8H3. The Morgan fingerprint density at radius 1 is 1.23 bits per heavy atom. The molecule has 1 heteroatoms. The van der Waals surface area contributed by atoms with Crippen molar-refractivity contribution in [2.24, 2.45) is 22.7 Å². The van der Waals surface area contributed by atoms with Crippen LogP contribution in [0.15, 0.2) is 36.5 Å². The van der Waals surface area contributed by atoms with Crippen molar-refractivity contribution in [3.05, 3.63) is 36.5 Å². The van der Waals surface area contributed by atoms with E-state index in [0.717, 1.165) is 0 Å². The van der Waals surface area contributed by atoms with Crippen molar-refractivity contribution in [1.82, 2.24) is 5.32 Å². The molecule has 0 aromatic heterocycles. The molecule has 0 heterocycles. The zero-order chi connectivity index (χ0) is 16.8. The highest BCUT2D eigenvalue weighted by Gasteiger charge is 2.45. The summed E-state index contributed by atoms with van der Waals surface area (Å²) in [6.45, 7) is 20.9. The monoisotopic (exact) mass is 301 g/mol. The lowest BCUT2D eigenvalue weighted by atomic mass is 9.62. The molecule has 3 unspecified atom stereocenters. The third kappa shape index (κ3) is 2.85. The molecule has 0 fully saturated rings. The minimum absolute atomic E-state index is 0.0746. The summed E-state index contributed by atoms with van der Waals surface area (Å²) in [7, 11) is 0. The number of rotatable bonds is 7. The predicted molar refractivity (Wildman–Crippen MR) is 97.9 cm³/mol. The Morgan fingerprint density at radius 2 is 1.77 bits per heavy atom. The second-order valence-corrected chi connectivity index (χ2v) is 9.03. The van der Waals surface area contributed by atoms with Gasteiger partial charge in [-0.1, -0.05) is 71.1 Å². The highest BCUT2D eigenvalue weighted by Crippen LogP contribution is 2.46. The minimum atomic E-state index is 0.0746. The van der Waals surface area contributed by atoms with Crippen LogP contribution in [0.1, 0.15) is 61.3 Å². The van der Waals surface area contributed by atoms with Crippen molar-refractivity contribution < 1.29 is 0 Å². The lowest BCUT2D eigenvalue weighted by molar-refractivity contribution is 0.138. The molecule has 2 rings (SSSR count). The van der Waals surface area contributed by atoms with Crippen LogP contribution < -0.4 is 5.32 Å². The van der Waals surface area contributed by atoms with Crippen molar-refractivity contribution in [3.63, 3.8) is 0 Å². The molecule has 0 amide bonds. The van der Waals surface area contributed by atoms with Gasteiger partial charge in [0.25, 0.3) is 0 Å². The molecule has 0 spiro atoms. The van der Waals surface area contributed by atoms with Crippen LogP contribution in [0.2, 0.25) is 0 Å². The Kier molecular flexibility index (Phi) is 4.52. The Hall–Kier alpha value is -0.820. The van der Waals surface area contributed by atoms with E-state index in [1.54, 1.807) is 0 Å². The van der Waals surface area contributed by atoms with Crippen LogP contribution >= 0.6 is 0 Å². The Balaban J connectivity index is 2.18. The molecule has 3 atom stereocenters. The summed E-state index contributed by atoms with van der Waals surface area (Å²) in [6, 6.07) is 0.352. The van der Waals surface area contributed by atoms with Gasteiger partial charge in [-0.05, 0) is 43.9 Å². The molecule has 22 heavy (non-hydrogen) atoms. The molecule has 0 aromatic rings. The fourth-order valence-corrected chi connectivity index (χ4v) is 3.59. The van der Waals surface area contributed by atoms with Crippen molar-refractivity contribution in [2.45, 2.75) is 72.9 Å². The van der Waals surface area contributed by atoms with Gasteiger partial charge in [0.15, 0.2) is 0 Å². The van der Waals surface area contributed by atoms with Crippen LogP contribution in [-0.4, -0.2) is 11.6 Å². The quantitative estimate of drug-likeness (QED) is 0.612. The summed E-state index contributed by atoms with van der Waals surface area (Å²) >= 11 is 0. The molecule has 0 bridgehead atoms. The van der Waals surface area contributed by atoms with Gasteiger partial charge in [0.2, 0.25) is 0 Å². The van der Waals surface area contributed by atoms with Crippen LogP contribution in [0.4, 0.5) is 0 Å². The second kappa shape index (κ2) is 5.67. The number of allylic oxidation sites excluding steroid dienone is 3. The van der Waals surface area contributed by atoms with Crippen molar-refractivity contribution in [3.8, 4) is 0 Å². The second-order valence-electron chi connectivity index (χ2n) is 9.03. The molecule has 0 aliphatic heterocycles. The molecule has 0 aromatic carbocycles. The van der Waals surface area contributed by atoms with Gasteiger partial charge in [0.1, 0.15) is 0 Å². The first kappa shape index (κ1) is 17.5. The lowest BCUT2D eigenvalue weighted by Crippen LogP contribution is -2.59. The molecule has 0 radical (unpaired) electrons. The molecule has 2 aliphatic rings. The summed E-state index contributed by atoms with van der Waals surface area (Å²) in [5.74, 6) is 1.19. The van der Waals surface area contributed by atoms with Crippen molar-refractivity contribution in [1.29, 1.82) is 0 Å². The van der Waals surface area contributed by atoms with Crippen LogP contribution in [0.5, 0.6) is 0 Å². The van der Waals surface area contributed by atoms with Gasteiger partial charge < -0.3 is 5.32 Å². The summed E-state index contributed by atoms with van der Waals surface area (Å²) in [5, 5.41) is 3.97. The molecule has 0 saturated carbocycles. The van der Waals surface area contributed by atoms with E-state index >= 15 is 0 Å². The third-order valence-electron chi connectivity index (χ3n) is 6.53. The number of hydrogen-bond acceptors (Lipinski definition) is 1. The van der Waals surface area contributed by atoms with E-state index in [2.05, 4.69) is 84.7 Å². The maximum Gasteiger partial charge on any atom is 0.0310 e. The van der Waals surface area contributed by atoms with Gasteiger partial charge in [-0.25, -0.2) is 0 Å². The smallest absolute Gasteiger partial charge is 0.0310 e. The third-order valence-corrected chi connectivity index (χ3v) is 6.53. The van der Waals surface area contributed by atoms with Gasteiger partial charge in [-0.3, -0.25) is 0 Å². The number of hydrogen-bond donors (Lipinski definition) is 1. The largest absolute Gasteiger partial charge is 0.304 e. The van der Waals surface area contributed by atoms with Gasteiger partial charge in [0, 0.05) is 17.0 Å². The minimum Gasteiger partial charge on any atom is -0.304 e. The Bertz CT molecular complexity index is 492. The molecule has 1 N–H and O–H groups in total. The molecular weight excluding hydrogens is 266 g/mol. The predicted octanol–water partition coefficient (Wildman–Crippen LogP) is 5.50. The van der Waals surface area contributed by atoms with E-state index < -0.39 is 0 Å². The average Bonchev–Trinajstić information content (AvgIpc) is 2.28. The highest BCUT2D eigenvalue weighted by atomic mass is 15.0. The maximum absolute atomic E-state index is 4.55. The van der Waals surface area contributed by atoms with Crippen LogP contribution in [0.25, 0.3) is 0 Å². The van der Waals surface area contributed by atoms with Gasteiger partial charge >= 0.3 is 0 Å². The van der Waals surface area contributed by atoms with E-state index in [9.17, 15) is 0 Å². The van der Waals surface area contributed by atoms with Gasteiger partial charge in [0.05, 0.1) is 0 Å². The maximum atomic E-state index is 4.55. The normalized spacial score (nSPS) is 29.2. The summed E-state index contributed by atoms with van der Waals surface area (Å²) < 4.78 is 0. The fourth-order valence-electron chi connectivity index (χ4n) is 3.59. The van der Waals surface area contributed by atoms with Crippen LogP contribution in [-0.2, 0) is 0 Å². The van der Waals surface area contributed by atoms with Gasteiger partial charge in [-0.15, -0.1) is 0 Å². The topological polar surface area (TPSA) is 12.0 Å². The van der Waals surface area contributed by atoms with E-state index in [0.29, 0.717) is 17.9 Å². The van der Waals surface area contributed by atoms with Gasteiger partial charge in [-0.2, -0.15) is 0 Å². The van der Waals surface area contributed by atoms with Crippen molar-refractivity contribution >= 4 is 0 Å². The van der Waals surface area contributed by atoms with E-state index in [4.69, 9.17) is 0 Å². The lowest BCUT2D eigenvalue weighted by Gasteiger charge is -2.51. The molecule has 1 nitrogen and oxygen atoms in total. The highest BCUT2D eigenvalue weighted by molar-refractivity contribution is 5.26. The SMILES string of the molecule is C=C(C(NC(C)(C)C1(C)C=CC1)C(C)C)C(C)(C)C1C=CC1. The first-order chi connectivity index (χ1) is 10.0. The first-order valence-electron chi connectivity index (χ1n) is 8.82. The van der Waals surface area contributed by atoms with E-state index in [1.165, 1.54) is 18.4 Å². The summed E-state index contributed by atoms with van der Waals surface area (Å²) in [4.78, 5) is 0.